The molecule has 0 aliphatic heterocycles. The highest BCUT2D eigenvalue weighted by molar-refractivity contribution is 5.81. The predicted octanol–water partition coefficient (Wildman–Crippen LogP) is 1.50. The molecule has 1 N–H and O–H groups in total. The summed E-state index contributed by atoms with van der Waals surface area (Å²) in [6, 6.07) is 8.00. The first-order chi connectivity index (χ1) is 6.68. The molecule has 0 saturated carbocycles. The number of fused-ring (bicyclic) bond motifs is 1. The van der Waals surface area contributed by atoms with Crippen molar-refractivity contribution in [2.24, 2.45) is 7.05 Å². The number of aliphatic hydroxyl groups is 1. The molecule has 1 heterocycles. The van der Waals surface area contributed by atoms with Crippen molar-refractivity contribution >= 4 is 10.9 Å². The summed E-state index contributed by atoms with van der Waals surface area (Å²) in [7, 11) is 1.91. The van der Waals surface area contributed by atoms with Crippen LogP contribution in [0.1, 0.15) is 12.6 Å². The van der Waals surface area contributed by atoms with Crippen LogP contribution in [0, 0.1) is 0 Å². The number of nitrogens with zero attached hydrogens (tertiary/aromatic N) is 2. The Kier molecular flexibility index (Phi) is 2.25. The monoisotopic (exact) mass is 190 g/mol. The molecule has 1 aromatic carbocycles. The molecular formula is C11H14N2O. The van der Waals surface area contributed by atoms with Gasteiger partial charge in [-0.15, -0.1) is 0 Å². The van der Waals surface area contributed by atoms with Crippen LogP contribution >= 0.6 is 0 Å². The zero-order chi connectivity index (χ0) is 10.1. The molecule has 14 heavy (non-hydrogen) atoms. The topological polar surface area (TPSA) is 38.1 Å². The van der Waals surface area contributed by atoms with Gasteiger partial charge in [-0.05, 0) is 13.0 Å². The largest absolute Gasteiger partial charge is 0.393 e. The molecule has 0 spiro atoms. The molecule has 2 rings (SSSR count). The van der Waals surface area contributed by atoms with Crippen molar-refractivity contribution in [3.05, 3.63) is 30.0 Å². The maximum Gasteiger partial charge on any atom is 0.0926 e. The fourth-order valence-corrected chi connectivity index (χ4v) is 1.72. The second-order valence-electron chi connectivity index (χ2n) is 3.64. The molecule has 1 aromatic heterocycles. The average molecular weight is 190 g/mol. The van der Waals surface area contributed by atoms with Crippen LogP contribution in [-0.2, 0) is 13.5 Å². The minimum absolute atomic E-state index is 0.325. The van der Waals surface area contributed by atoms with Crippen LogP contribution in [0.25, 0.3) is 10.9 Å². The molecule has 0 saturated heterocycles. The highest BCUT2D eigenvalue weighted by Gasteiger charge is 2.09. The Bertz CT molecular complexity index is 445. The van der Waals surface area contributed by atoms with Gasteiger partial charge in [0.05, 0.1) is 11.6 Å². The lowest BCUT2D eigenvalue weighted by molar-refractivity contribution is 0.193. The fourth-order valence-electron chi connectivity index (χ4n) is 1.72. The van der Waals surface area contributed by atoms with Gasteiger partial charge in [0.2, 0.25) is 0 Å². The quantitative estimate of drug-likeness (QED) is 0.779. The van der Waals surface area contributed by atoms with Crippen LogP contribution < -0.4 is 0 Å². The molecule has 3 heteroatoms. The van der Waals surface area contributed by atoms with Crippen molar-refractivity contribution in [1.82, 2.24) is 9.78 Å². The van der Waals surface area contributed by atoms with E-state index in [1.807, 2.05) is 36.0 Å². The van der Waals surface area contributed by atoms with Gasteiger partial charge in [0.25, 0.3) is 0 Å². The predicted molar refractivity (Wildman–Crippen MR) is 56.1 cm³/mol. The Balaban J connectivity index is 2.56. The molecule has 0 bridgehead atoms. The summed E-state index contributed by atoms with van der Waals surface area (Å²) in [5, 5.41) is 14.9. The van der Waals surface area contributed by atoms with E-state index in [1.54, 1.807) is 6.92 Å². The van der Waals surface area contributed by atoms with Gasteiger partial charge < -0.3 is 5.11 Å². The maximum atomic E-state index is 9.37. The summed E-state index contributed by atoms with van der Waals surface area (Å²) < 4.78 is 1.84. The van der Waals surface area contributed by atoms with E-state index < -0.39 is 0 Å². The second-order valence-corrected chi connectivity index (χ2v) is 3.64. The minimum atomic E-state index is -0.325. The molecule has 0 aliphatic rings. The van der Waals surface area contributed by atoms with Crippen LogP contribution in [0.2, 0.25) is 0 Å². The van der Waals surface area contributed by atoms with Crippen LogP contribution in [-0.4, -0.2) is 21.0 Å². The van der Waals surface area contributed by atoms with Gasteiger partial charge in [-0.25, -0.2) is 0 Å². The number of hydrogen-bond acceptors (Lipinski definition) is 2. The Hall–Kier alpha value is -1.35. The number of aliphatic hydroxyl groups excluding tert-OH is 1. The van der Waals surface area contributed by atoms with Gasteiger partial charge in [-0.2, -0.15) is 5.10 Å². The Labute approximate surface area is 83.0 Å². The van der Waals surface area contributed by atoms with E-state index in [0.717, 1.165) is 16.6 Å². The SMILES string of the molecule is CC(O)Cc1c2ccccc2nn1C. The molecule has 1 atom stereocenters. The maximum absolute atomic E-state index is 9.37. The molecular weight excluding hydrogens is 176 g/mol. The lowest BCUT2D eigenvalue weighted by atomic mass is 10.1. The smallest absolute Gasteiger partial charge is 0.0926 e. The number of benzene rings is 1. The van der Waals surface area contributed by atoms with Crippen molar-refractivity contribution in [3.63, 3.8) is 0 Å². The lowest BCUT2D eigenvalue weighted by Crippen LogP contribution is -2.08. The van der Waals surface area contributed by atoms with Crippen LogP contribution in [0.5, 0.6) is 0 Å². The highest BCUT2D eigenvalue weighted by Crippen LogP contribution is 2.18. The van der Waals surface area contributed by atoms with Gasteiger partial charge in [0.15, 0.2) is 0 Å². The molecule has 0 fully saturated rings. The molecule has 1 unspecified atom stereocenters. The Morgan fingerprint density at radius 3 is 2.86 bits per heavy atom. The molecule has 74 valence electrons. The third kappa shape index (κ3) is 1.51. The number of rotatable bonds is 2. The summed E-state index contributed by atoms with van der Waals surface area (Å²) in [5.41, 5.74) is 2.08. The third-order valence-corrected chi connectivity index (χ3v) is 2.35. The van der Waals surface area contributed by atoms with Gasteiger partial charge in [0.1, 0.15) is 0 Å². The summed E-state index contributed by atoms with van der Waals surface area (Å²) >= 11 is 0. The van der Waals surface area contributed by atoms with Crippen LogP contribution in [0.4, 0.5) is 0 Å². The second kappa shape index (κ2) is 3.42. The van der Waals surface area contributed by atoms with E-state index in [0.29, 0.717) is 6.42 Å². The molecule has 0 aliphatic carbocycles. The van der Waals surface area contributed by atoms with Crippen molar-refractivity contribution in [2.75, 3.05) is 0 Å². The van der Waals surface area contributed by atoms with Crippen molar-refractivity contribution in [2.45, 2.75) is 19.4 Å². The average Bonchev–Trinajstić information content (AvgIpc) is 2.43. The van der Waals surface area contributed by atoms with Crippen molar-refractivity contribution < 1.29 is 5.11 Å². The fraction of sp³-hybridized carbons (Fsp3) is 0.364. The zero-order valence-electron chi connectivity index (χ0n) is 8.44. The van der Waals surface area contributed by atoms with E-state index >= 15 is 0 Å². The minimum Gasteiger partial charge on any atom is -0.393 e. The normalized spacial score (nSPS) is 13.4. The number of hydrogen-bond donors (Lipinski definition) is 1. The van der Waals surface area contributed by atoms with Gasteiger partial charge in [0, 0.05) is 24.5 Å². The van der Waals surface area contributed by atoms with Gasteiger partial charge in [-0.3, -0.25) is 4.68 Å². The van der Waals surface area contributed by atoms with E-state index in [9.17, 15) is 5.11 Å². The van der Waals surface area contributed by atoms with Gasteiger partial charge >= 0.3 is 0 Å². The first-order valence-corrected chi connectivity index (χ1v) is 4.77. The third-order valence-electron chi connectivity index (χ3n) is 2.35. The van der Waals surface area contributed by atoms with E-state index in [1.165, 1.54) is 0 Å². The molecule has 0 radical (unpaired) electrons. The first kappa shape index (κ1) is 9.21. The standard InChI is InChI=1S/C11H14N2O/c1-8(14)7-11-9-5-3-4-6-10(9)12-13(11)2/h3-6,8,14H,7H2,1-2H3. The number of aryl methyl sites for hydroxylation is 1. The molecule has 3 nitrogen and oxygen atoms in total. The Morgan fingerprint density at radius 2 is 2.14 bits per heavy atom. The molecule has 2 aromatic rings. The highest BCUT2D eigenvalue weighted by atomic mass is 16.3. The van der Waals surface area contributed by atoms with Crippen LogP contribution in [0.15, 0.2) is 24.3 Å². The number of aromatic nitrogens is 2. The Morgan fingerprint density at radius 1 is 1.43 bits per heavy atom. The van der Waals surface area contributed by atoms with E-state index in [-0.39, 0.29) is 6.10 Å². The van der Waals surface area contributed by atoms with Gasteiger partial charge in [-0.1, -0.05) is 18.2 Å². The van der Waals surface area contributed by atoms with Crippen molar-refractivity contribution in [3.8, 4) is 0 Å². The van der Waals surface area contributed by atoms with Crippen LogP contribution in [0.3, 0.4) is 0 Å². The lowest BCUT2D eigenvalue weighted by Gasteiger charge is -2.04. The van der Waals surface area contributed by atoms with Crippen molar-refractivity contribution in [1.29, 1.82) is 0 Å². The summed E-state index contributed by atoms with van der Waals surface area (Å²) in [5.74, 6) is 0. The summed E-state index contributed by atoms with van der Waals surface area (Å²) in [4.78, 5) is 0. The molecule has 0 amide bonds. The first-order valence-electron chi connectivity index (χ1n) is 4.77. The zero-order valence-corrected chi connectivity index (χ0v) is 8.44. The summed E-state index contributed by atoms with van der Waals surface area (Å²) in [6.07, 6.45) is 0.325. The van der Waals surface area contributed by atoms with E-state index in [2.05, 4.69) is 5.10 Å². The van der Waals surface area contributed by atoms with E-state index in [4.69, 9.17) is 0 Å². The summed E-state index contributed by atoms with van der Waals surface area (Å²) in [6.45, 7) is 1.79.